The van der Waals surface area contributed by atoms with Gasteiger partial charge < -0.3 is 19.9 Å². The summed E-state index contributed by atoms with van der Waals surface area (Å²) in [6, 6.07) is 3.55. The van der Waals surface area contributed by atoms with Crippen molar-refractivity contribution >= 4 is 27.1 Å². The van der Waals surface area contributed by atoms with E-state index >= 15 is 0 Å². The molecule has 29 heavy (non-hydrogen) atoms. The van der Waals surface area contributed by atoms with Crippen molar-refractivity contribution in [2.24, 2.45) is 10.9 Å². The molecule has 3 rings (SSSR count). The maximum atomic E-state index is 12.4. The van der Waals surface area contributed by atoms with Crippen LogP contribution in [-0.4, -0.2) is 72.0 Å². The van der Waals surface area contributed by atoms with Crippen LogP contribution in [0.1, 0.15) is 26.3 Å². The van der Waals surface area contributed by atoms with Crippen LogP contribution in [0.5, 0.6) is 0 Å². The molecule has 0 bridgehead atoms. The fourth-order valence-corrected chi connectivity index (χ4v) is 6.01. The molecule has 0 amide bonds. The van der Waals surface area contributed by atoms with E-state index in [0.717, 1.165) is 30.8 Å². The van der Waals surface area contributed by atoms with Gasteiger partial charge in [-0.2, -0.15) is 0 Å². The van der Waals surface area contributed by atoms with E-state index in [-0.39, 0.29) is 16.5 Å². The van der Waals surface area contributed by atoms with Crippen LogP contribution in [0.4, 0.5) is 0 Å². The predicted octanol–water partition coefficient (Wildman–Crippen LogP) is 1.63. The molecule has 160 valence electrons. The Labute approximate surface area is 176 Å². The number of nitrogens with one attached hydrogen (secondary N) is 1. The van der Waals surface area contributed by atoms with Crippen LogP contribution in [0.2, 0.25) is 0 Å². The predicted molar refractivity (Wildman–Crippen MR) is 115 cm³/mol. The maximum Gasteiger partial charge on any atom is 0.194 e. The van der Waals surface area contributed by atoms with Crippen molar-refractivity contribution < 1.29 is 13.5 Å². The highest BCUT2D eigenvalue weighted by Gasteiger charge is 2.29. The number of imidazole rings is 1. The topological polar surface area (TPSA) is 99.8 Å². The van der Waals surface area contributed by atoms with Crippen molar-refractivity contribution in [2.75, 3.05) is 31.9 Å². The normalized spacial score (nSPS) is 21.9. The quantitative estimate of drug-likeness (QED) is 0.502. The van der Waals surface area contributed by atoms with Gasteiger partial charge >= 0.3 is 0 Å². The average molecular weight is 440 g/mol. The average Bonchev–Trinajstić information content (AvgIpc) is 3.39. The zero-order chi connectivity index (χ0) is 20.9. The molecule has 10 heteroatoms. The molecular weight excluding hydrogens is 410 g/mol. The number of aliphatic imine (C=N–C) groups is 1. The number of aromatic nitrogens is 2. The SMILES string of the molecule is CCNC(=NCC(O)CS(=O)(=O)c1cccs1)N1CCC(C)C(n2ccnc2)C1. The summed E-state index contributed by atoms with van der Waals surface area (Å²) in [5.74, 6) is 0.896. The molecule has 3 heterocycles. The summed E-state index contributed by atoms with van der Waals surface area (Å²) < 4.78 is 27.1. The first kappa shape index (κ1) is 21.8. The monoisotopic (exact) mass is 439 g/mol. The second-order valence-corrected chi connectivity index (χ2v) is 10.6. The molecular formula is C19H29N5O3S2. The zero-order valence-corrected chi connectivity index (χ0v) is 18.4. The fraction of sp³-hybridized carbons (Fsp3) is 0.579. The van der Waals surface area contributed by atoms with Crippen LogP contribution < -0.4 is 5.32 Å². The number of likely N-dealkylation sites (tertiary alicyclic amines) is 1. The fourth-order valence-electron chi connectivity index (χ4n) is 3.54. The summed E-state index contributed by atoms with van der Waals surface area (Å²) in [5, 5.41) is 15.3. The van der Waals surface area contributed by atoms with Gasteiger partial charge in [0, 0.05) is 32.0 Å². The van der Waals surface area contributed by atoms with Gasteiger partial charge in [-0.1, -0.05) is 13.0 Å². The first-order chi connectivity index (χ1) is 13.9. The van der Waals surface area contributed by atoms with Gasteiger partial charge in [0.2, 0.25) is 0 Å². The Morgan fingerprint density at radius 3 is 3.00 bits per heavy atom. The molecule has 3 atom stereocenters. The molecule has 0 spiro atoms. The van der Waals surface area contributed by atoms with E-state index in [9.17, 15) is 13.5 Å². The van der Waals surface area contributed by atoms with Gasteiger partial charge in [-0.15, -0.1) is 11.3 Å². The van der Waals surface area contributed by atoms with Crippen LogP contribution in [0, 0.1) is 5.92 Å². The Balaban J connectivity index is 1.66. The summed E-state index contributed by atoms with van der Waals surface area (Å²) in [6.45, 7) is 6.62. The van der Waals surface area contributed by atoms with Gasteiger partial charge in [0.05, 0.1) is 30.8 Å². The van der Waals surface area contributed by atoms with Gasteiger partial charge in [-0.05, 0) is 30.7 Å². The minimum absolute atomic E-state index is 0.0364. The molecule has 1 aliphatic heterocycles. The third-order valence-corrected chi connectivity index (χ3v) is 8.41. The first-order valence-electron chi connectivity index (χ1n) is 9.85. The Morgan fingerprint density at radius 1 is 1.52 bits per heavy atom. The lowest BCUT2D eigenvalue weighted by Crippen LogP contribution is -2.49. The standard InChI is InChI=1S/C19H29N5O3S2/c1-3-21-19(22-11-16(25)13-29(26,27)18-5-4-10-28-18)23-8-6-15(2)17(12-23)24-9-7-20-14-24/h4-5,7,9-10,14-17,25H,3,6,8,11-13H2,1-2H3,(H,21,22). The number of hydrogen-bond acceptors (Lipinski definition) is 6. The molecule has 1 saturated heterocycles. The molecule has 1 fully saturated rings. The summed E-state index contributed by atoms with van der Waals surface area (Å²) in [6.07, 6.45) is 5.57. The molecule has 0 aliphatic carbocycles. The molecule has 8 nitrogen and oxygen atoms in total. The van der Waals surface area contributed by atoms with E-state index in [0.29, 0.717) is 24.5 Å². The lowest BCUT2D eigenvalue weighted by atomic mass is 9.93. The van der Waals surface area contributed by atoms with Gasteiger partial charge in [-0.3, -0.25) is 4.99 Å². The van der Waals surface area contributed by atoms with Crippen LogP contribution >= 0.6 is 11.3 Å². The number of aliphatic hydroxyl groups is 1. The minimum Gasteiger partial charge on any atom is -0.390 e. The first-order valence-corrected chi connectivity index (χ1v) is 12.4. The van der Waals surface area contributed by atoms with Gasteiger partial charge in [-0.25, -0.2) is 13.4 Å². The summed E-state index contributed by atoms with van der Waals surface area (Å²) in [5.41, 5.74) is 0. The van der Waals surface area contributed by atoms with E-state index in [2.05, 4.69) is 31.7 Å². The number of piperidine rings is 1. The number of nitrogens with zero attached hydrogens (tertiary/aromatic N) is 4. The number of guanidine groups is 1. The molecule has 0 radical (unpaired) electrons. The molecule has 2 aromatic heterocycles. The van der Waals surface area contributed by atoms with Crippen LogP contribution in [0.25, 0.3) is 0 Å². The maximum absolute atomic E-state index is 12.4. The zero-order valence-electron chi connectivity index (χ0n) is 16.8. The van der Waals surface area contributed by atoms with Crippen molar-refractivity contribution in [1.29, 1.82) is 0 Å². The summed E-state index contributed by atoms with van der Waals surface area (Å²) in [4.78, 5) is 10.9. The van der Waals surface area contributed by atoms with E-state index in [1.54, 1.807) is 23.7 Å². The molecule has 0 aromatic carbocycles. The third kappa shape index (κ3) is 5.58. The van der Waals surface area contributed by atoms with E-state index < -0.39 is 15.9 Å². The van der Waals surface area contributed by atoms with Crippen LogP contribution in [0.15, 0.2) is 45.4 Å². The largest absolute Gasteiger partial charge is 0.390 e. The lowest BCUT2D eigenvalue weighted by Gasteiger charge is -2.39. The number of aliphatic hydroxyl groups excluding tert-OH is 1. The third-order valence-electron chi connectivity index (χ3n) is 5.13. The number of rotatable bonds is 7. The van der Waals surface area contributed by atoms with Crippen molar-refractivity contribution in [3.05, 3.63) is 36.2 Å². The van der Waals surface area contributed by atoms with Crippen molar-refractivity contribution in [3.8, 4) is 0 Å². The molecule has 2 aromatic rings. The number of thiophene rings is 1. The Bertz CT molecular complexity index is 881. The van der Waals surface area contributed by atoms with Crippen molar-refractivity contribution in [1.82, 2.24) is 19.8 Å². The highest BCUT2D eigenvalue weighted by molar-refractivity contribution is 7.93. The Hall–Kier alpha value is -1.91. The van der Waals surface area contributed by atoms with Gasteiger partial charge in [0.1, 0.15) is 4.21 Å². The van der Waals surface area contributed by atoms with Gasteiger partial charge in [0.15, 0.2) is 15.8 Å². The van der Waals surface area contributed by atoms with E-state index in [1.807, 2.05) is 19.4 Å². The minimum atomic E-state index is -3.49. The van der Waals surface area contributed by atoms with Crippen molar-refractivity contribution in [2.45, 2.75) is 36.6 Å². The second kappa shape index (κ2) is 9.73. The molecule has 0 saturated carbocycles. The van der Waals surface area contributed by atoms with Crippen LogP contribution in [-0.2, 0) is 9.84 Å². The highest BCUT2D eigenvalue weighted by Crippen LogP contribution is 2.27. The smallest absolute Gasteiger partial charge is 0.194 e. The summed E-state index contributed by atoms with van der Waals surface area (Å²) >= 11 is 1.16. The Kier molecular flexibility index (Phi) is 7.31. The van der Waals surface area contributed by atoms with Crippen molar-refractivity contribution in [3.63, 3.8) is 0 Å². The van der Waals surface area contributed by atoms with Gasteiger partial charge in [0.25, 0.3) is 0 Å². The second-order valence-electron chi connectivity index (χ2n) is 7.35. The van der Waals surface area contributed by atoms with E-state index in [4.69, 9.17) is 0 Å². The highest BCUT2D eigenvalue weighted by atomic mass is 32.2. The van der Waals surface area contributed by atoms with E-state index in [1.165, 1.54) is 0 Å². The molecule has 2 N–H and O–H groups in total. The lowest BCUT2D eigenvalue weighted by molar-refractivity contribution is 0.185. The number of sulfone groups is 1. The molecule has 1 aliphatic rings. The molecule has 3 unspecified atom stereocenters. The Morgan fingerprint density at radius 2 is 2.34 bits per heavy atom. The van der Waals surface area contributed by atoms with Crippen LogP contribution in [0.3, 0.4) is 0 Å². The summed E-state index contributed by atoms with van der Waals surface area (Å²) in [7, 11) is -3.49. The number of hydrogen-bond donors (Lipinski definition) is 2.